The summed E-state index contributed by atoms with van der Waals surface area (Å²) in [5.74, 6) is 5.32. The molecule has 1 aliphatic rings. The fourth-order valence-electron chi connectivity index (χ4n) is 2.12. The van der Waals surface area contributed by atoms with Crippen LogP contribution in [0.3, 0.4) is 0 Å². The van der Waals surface area contributed by atoms with E-state index in [9.17, 15) is 9.90 Å². The number of aliphatic hydroxyl groups excluding tert-OH is 1. The molecule has 1 atom stereocenters. The van der Waals surface area contributed by atoms with Gasteiger partial charge in [-0.2, -0.15) is 0 Å². The van der Waals surface area contributed by atoms with Crippen LogP contribution in [0.5, 0.6) is 0 Å². The molecular formula is C11H17N3O3. The van der Waals surface area contributed by atoms with Gasteiger partial charge in [-0.05, 0) is 25.5 Å². The summed E-state index contributed by atoms with van der Waals surface area (Å²) in [4.78, 5) is 13.5. The number of hydrazine groups is 1. The molecule has 0 saturated carbocycles. The van der Waals surface area contributed by atoms with Crippen molar-refractivity contribution >= 4 is 5.91 Å². The highest BCUT2D eigenvalue weighted by Gasteiger charge is 2.21. The van der Waals surface area contributed by atoms with Crippen molar-refractivity contribution < 1.29 is 14.3 Å². The number of rotatable bonds is 3. The van der Waals surface area contributed by atoms with Crippen molar-refractivity contribution in [3.05, 3.63) is 23.7 Å². The molecular weight excluding hydrogens is 222 g/mol. The van der Waals surface area contributed by atoms with Crippen LogP contribution in [0.2, 0.25) is 0 Å². The number of β-amino-alcohol motifs (C(OH)–C–C–N with tert-alkyl or cyclic N) is 1. The monoisotopic (exact) mass is 239 g/mol. The molecule has 0 spiro atoms. The minimum absolute atomic E-state index is 0.287. The van der Waals surface area contributed by atoms with E-state index in [-0.39, 0.29) is 12.0 Å². The molecule has 6 heteroatoms. The second kappa shape index (κ2) is 5.31. The van der Waals surface area contributed by atoms with Crippen molar-refractivity contribution in [2.45, 2.75) is 25.5 Å². The minimum Gasteiger partial charge on any atom is -0.467 e. The number of nitrogens with zero attached hydrogens (tertiary/aromatic N) is 1. The number of hydrogen-bond donors (Lipinski definition) is 3. The fourth-order valence-corrected chi connectivity index (χ4v) is 2.12. The predicted octanol–water partition coefficient (Wildman–Crippen LogP) is -0.160. The molecule has 94 valence electrons. The topological polar surface area (TPSA) is 91.7 Å². The third kappa shape index (κ3) is 2.85. The molecule has 0 bridgehead atoms. The number of nitrogens with one attached hydrogen (secondary N) is 1. The van der Waals surface area contributed by atoms with E-state index in [4.69, 9.17) is 10.3 Å². The van der Waals surface area contributed by atoms with Crippen molar-refractivity contribution in [3.8, 4) is 0 Å². The number of carbonyl (C=O) groups is 1. The van der Waals surface area contributed by atoms with E-state index in [0.29, 0.717) is 24.4 Å². The highest BCUT2D eigenvalue weighted by molar-refractivity contribution is 5.94. The molecule has 1 aliphatic heterocycles. The summed E-state index contributed by atoms with van der Waals surface area (Å²) in [5, 5.41) is 9.56. The number of nitrogens with two attached hydrogens (primary N) is 1. The lowest BCUT2D eigenvalue weighted by Gasteiger charge is -2.29. The summed E-state index contributed by atoms with van der Waals surface area (Å²) in [6, 6.07) is 1.60. The van der Waals surface area contributed by atoms with Gasteiger partial charge in [-0.3, -0.25) is 15.1 Å². The summed E-state index contributed by atoms with van der Waals surface area (Å²) in [6.07, 6.45) is 2.98. The molecule has 0 radical (unpaired) electrons. The van der Waals surface area contributed by atoms with Gasteiger partial charge >= 0.3 is 0 Å². The summed E-state index contributed by atoms with van der Waals surface area (Å²) in [5.41, 5.74) is 2.54. The lowest BCUT2D eigenvalue weighted by atomic mass is 10.1. The van der Waals surface area contributed by atoms with Crippen molar-refractivity contribution in [1.82, 2.24) is 10.3 Å². The van der Waals surface area contributed by atoms with Crippen LogP contribution in [-0.4, -0.2) is 35.1 Å². The first kappa shape index (κ1) is 12.1. The third-order valence-electron chi connectivity index (χ3n) is 2.97. The zero-order valence-corrected chi connectivity index (χ0v) is 9.56. The summed E-state index contributed by atoms with van der Waals surface area (Å²) < 4.78 is 5.29. The van der Waals surface area contributed by atoms with Gasteiger partial charge in [0.15, 0.2) is 0 Å². The van der Waals surface area contributed by atoms with Crippen LogP contribution in [0.25, 0.3) is 0 Å². The summed E-state index contributed by atoms with van der Waals surface area (Å²) in [7, 11) is 0. The molecule has 4 N–H and O–H groups in total. The van der Waals surface area contributed by atoms with Crippen LogP contribution in [0.15, 0.2) is 16.7 Å². The highest BCUT2D eigenvalue weighted by Crippen LogP contribution is 2.17. The third-order valence-corrected chi connectivity index (χ3v) is 2.97. The van der Waals surface area contributed by atoms with Gasteiger partial charge in [0.1, 0.15) is 5.76 Å². The number of nitrogen functional groups attached to an aromatic ring is 1. The first-order valence-electron chi connectivity index (χ1n) is 5.68. The highest BCUT2D eigenvalue weighted by atomic mass is 16.3. The zero-order chi connectivity index (χ0) is 12.3. The Hall–Kier alpha value is -1.37. The molecule has 1 aromatic rings. The van der Waals surface area contributed by atoms with Crippen LogP contribution < -0.4 is 11.3 Å². The van der Waals surface area contributed by atoms with Gasteiger partial charge in [-0.25, -0.2) is 5.84 Å². The van der Waals surface area contributed by atoms with Gasteiger partial charge < -0.3 is 9.52 Å². The summed E-state index contributed by atoms with van der Waals surface area (Å²) in [6.45, 7) is 2.04. The van der Waals surface area contributed by atoms with E-state index in [2.05, 4.69) is 10.3 Å². The Kier molecular flexibility index (Phi) is 3.78. The smallest absolute Gasteiger partial charge is 0.268 e. The van der Waals surface area contributed by atoms with Crippen molar-refractivity contribution in [2.75, 3.05) is 13.1 Å². The van der Waals surface area contributed by atoms with Crippen molar-refractivity contribution in [1.29, 1.82) is 0 Å². The Morgan fingerprint density at radius 2 is 2.53 bits per heavy atom. The van der Waals surface area contributed by atoms with E-state index in [1.165, 1.54) is 6.26 Å². The van der Waals surface area contributed by atoms with Crippen LogP contribution in [0.4, 0.5) is 0 Å². The molecule has 2 heterocycles. The largest absolute Gasteiger partial charge is 0.467 e. The van der Waals surface area contributed by atoms with E-state index in [0.717, 1.165) is 19.4 Å². The molecule has 1 aromatic heterocycles. The Morgan fingerprint density at radius 3 is 3.24 bits per heavy atom. The SMILES string of the molecule is NNC(=O)c1ccoc1CN1CCCC(O)C1. The Balaban J connectivity index is 2.03. The van der Waals surface area contributed by atoms with Crippen LogP contribution in [0, 0.1) is 0 Å². The molecule has 6 nitrogen and oxygen atoms in total. The normalized spacial score (nSPS) is 21.4. The molecule has 1 fully saturated rings. The van der Waals surface area contributed by atoms with Crippen LogP contribution in [-0.2, 0) is 6.54 Å². The van der Waals surface area contributed by atoms with Crippen LogP contribution in [0.1, 0.15) is 29.0 Å². The Morgan fingerprint density at radius 1 is 1.71 bits per heavy atom. The van der Waals surface area contributed by atoms with E-state index >= 15 is 0 Å². The number of furan rings is 1. The Labute approximate surface area is 99.3 Å². The fraction of sp³-hybridized carbons (Fsp3) is 0.545. The number of amides is 1. The first-order valence-corrected chi connectivity index (χ1v) is 5.68. The van der Waals surface area contributed by atoms with Gasteiger partial charge in [0.05, 0.1) is 24.5 Å². The predicted molar refractivity (Wildman–Crippen MR) is 60.9 cm³/mol. The molecule has 0 aliphatic carbocycles. The maximum Gasteiger partial charge on any atom is 0.268 e. The maximum atomic E-state index is 11.4. The number of hydrogen-bond acceptors (Lipinski definition) is 5. The van der Waals surface area contributed by atoms with Crippen LogP contribution >= 0.6 is 0 Å². The van der Waals surface area contributed by atoms with Gasteiger partial charge in [0, 0.05) is 6.54 Å². The van der Waals surface area contributed by atoms with Crippen molar-refractivity contribution in [3.63, 3.8) is 0 Å². The van der Waals surface area contributed by atoms with Gasteiger partial charge in [-0.1, -0.05) is 0 Å². The number of piperidine rings is 1. The maximum absolute atomic E-state index is 11.4. The second-order valence-electron chi connectivity index (χ2n) is 4.26. The molecule has 0 aromatic carbocycles. The Bertz CT molecular complexity index is 391. The lowest BCUT2D eigenvalue weighted by molar-refractivity contribution is 0.0630. The van der Waals surface area contributed by atoms with E-state index in [1.807, 2.05) is 0 Å². The summed E-state index contributed by atoms with van der Waals surface area (Å²) >= 11 is 0. The zero-order valence-electron chi connectivity index (χ0n) is 9.56. The standard InChI is InChI=1S/C11H17N3O3/c12-13-11(16)9-3-5-17-10(9)7-14-4-1-2-8(15)6-14/h3,5,8,15H,1-2,4,6-7,12H2,(H,13,16). The number of likely N-dealkylation sites (tertiary alicyclic amines) is 1. The molecule has 1 saturated heterocycles. The van der Waals surface area contributed by atoms with Gasteiger partial charge in [0.25, 0.3) is 5.91 Å². The minimum atomic E-state index is -0.355. The molecule has 1 unspecified atom stereocenters. The molecule has 2 rings (SSSR count). The van der Waals surface area contributed by atoms with Crippen molar-refractivity contribution in [2.24, 2.45) is 5.84 Å². The average molecular weight is 239 g/mol. The number of aliphatic hydroxyl groups is 1. The quantitative estimate of drug-likeness (QED) is 0.387. The molecule has 17 heavy (non-hydrogen) atoms. The van der Waals surface area contributed by atoms with E-state index in [1.54, 1.807) is 6.07 Å². The average Bonchev–Trinajstić information content (AvgIpc) is 2.76. The lowest BCUT2D eigenvalue weighted by Crippen LogP contribution is -2.38. The first-order chi connectivity index (χ1) is 8.20. The molecule has 1 amide bonds. The van der Waals surface area contributed by atoms with Gasteiger partial charge in [-0.15, -0.1) is 0 Å². The van der Waals surface area contributed by atoms with E-state index < -0.39 is 0 Å². The number of carbonyl (C=O) groups excluding carboxylic acids is 1. The van der Waals surface area contributed by atoms with Gasteiger partial charge in [0.2, 0.25) is 0 Å². The second-order valence-corrected chi connectivity index (χ2v) is 4.26.